The SMILES string of the molecule is CC(C)(C)c1ccc(Oc2ccc(NC(=O)C3C4CC5C(OC(=O)C53)C4Br)cc2)cc1. The molecule has 3 fully saturated rings. The fraction of sp³-hybridized carbons (Fsp3) is 0.440. The minimum Gasteiger partial charge on any atom is -0.461 e. The van der Waals surface area contributed by atoms with Crippen molar-refractivity contribution in [3.8, 4) is 11.5 Å². The van der Waals surface area contributed by atoms with Gasteiger partial charge in [-0.1, -0.05) is 48.8 Å². The van der Waals surface area contributed by atoms with Crippen LogP contribution in [0.25, 0.3) is 0 Å². The summed E-state index contributed by atoms with van der Waals surface area (Å²) in [7, 11) is 0. The Morgan fingerprint density at radius 1 is 1.03 bits per heavy atom. The van der Waals surface area contributed by atoms with Crippen LogP contribution in [0.2, 0.25) is 0 Å². The Balaban J connectivity index is 1.24. The standard InChI is InChI=1S/C25H26BrNO4/c1-25(2,3)13-4-8-15(9-5-13)30-16-10-6-14(7-11-16)27-23(28)19-17-12-18-20(19)24(29)31-22(18)21(17)26/h4-11,17-22H,12H2,1-3H3,(H,27,28). The van der Waals surface area contributed by atoms with Gasteiger partial charge in [-0.3, -0.25) is 9.59 Å². The summed E-state index contributed by atoms with van der Waals surface area (Å²) in [4.78, 5) is 25.3. The van der Waals surface area contributed by atoms with Crippen LogP contribution < -0.4 is 10.1 Å². The maximum Gasteiger partial charge on any atom is 0.310 e. The Bertz CT molecular complexity index is 1010. The molecule has 2 aromatic carbocycles. The van der Waals surface area contributed by atoms with Crippen LogP contribution in [-0.4, -0.2) is 22.8 Å². The first-order chi connectivity index (χ1) is 14.7. The molecule has 1 heterocycles. The largest absolute Gasteiger partial charge is 0.461 e. The molecule has 1 N–H and O–H groups in total. The highest BCUT2D eigenvalue weighted by Crippen LogP contribution is 2.60. The first-order valence-corrected chi connectivity index (χ1v) is 11.7. The maximum atomic E-state index is 13.0. The zero-order valence-electron chi connectivity index (χ0n) is 17.8. The molecule has 31 heavy (non-hydrogen) atoms. The molecule has 1 amide bonds. The number of carbonyl (C=O) groups is 2. The van der Waals surface area contributed by atoms with E-state index in [1.54, 1.807) is 0 Å². The molecular weight excluding hydrogens is 458 g/mol. The lowest BCUT2D eigenvalue weighted by Crippen LogP contribution is -2.40. The van der Waals surface area contributed by atoms with E-state index in [9.17, 15) is 9.59 Å². The number of fused-ring (bicyclic) bond motifs is 1. The van der Waals surface area contributed by atoms with Crippen molar-refractivity contribution in [2.45, 2.75) is 43.5 Å². The van der Waals surface area contributed by atoms with Gasteiger partial charge in [0.05, 0.1) is 16.7 Å². The Labute approximate surface area is 190 Å². The average molecular weight is 484 g/mol. The van der Waals surface area contributed by atoms with E-state index in [2.05, 4.69) is 54.2 Å². The van der Waals surface area contributed by atoms with Gasteiger partial charge in [0.1, 0.15) is 17.6 Å². The number of hydrogen-bond donors (Lipinski definition) is 1. The molecule has 2 saturated carbocycles. The molecule has 1 saturated heterocycles. The van der Waals surface area contributed by atoms with Crippen LogP contribution >= 0.6 is 15.9 Å². The van der Waals surface area contributed by atoms with Crippen molar-refractivity contribution in [2.24, 2.45) is 23.7 Å². The monoisotopic (exact) mass is 483 g/mol. The number of anilines is 1. The summed E-state index contributed by atoms with van der Waals surface area (Å²) >= 11 is 3.65. The van der Waals surface area contributed by atoms with Gasteiger partial charge in [0.15, 0.2) is 0 Å². The molecule has 6 atom stereocenters. The summed E-state index contributed by atoms with van der Waals surface area (Å²) in [5.41, 5.74) is 2.04. The molecule has 6 heteroatoms. The van der Waals surface area contributed by atoms with Crippen LogP contribution in [0.1, 0.15) is 32.8 Å². The van der Waals surface area contributed by atoms with E-state index < -0.39 is 0 Å². The van der Waals surface area contributed by atoms with Crippen LogP contribution in [0, 0.1) is 23.7 Å². The number of carbonyl (C=O) groups excluding carboxylic acids is 2. The molecule has 6 unspecified atom stereocenters. The van der Waals surface area contributed by atoms with Gasteiger partial charge in [0.2, 0.25) is 5.91 Å². The number of benzene rings is 2. The smallest absolute Gasteiger partial charge is 0.310 e. The van der Waals surface area contributed by atoms with E-state index in [1.807, 2.05) is 36.4 Å². The third-order valence-electron chi connectivity index (χ3n) is 6.90. The molecule has 2 aliphatic carbocycles. The van der Waals surface area contributed by atoms with Gasteiger partial charge in [-0.25, -0.2) is 0 Å². The Morgan fingerprint density at radius 3 is 2.26 bits per heavy atom. The number of esters is 1. The van der Waals surface area contributed by atoms with E-state index in [0.29, 0.717) is 11.4 Å². The molecule has 2 bridgehead atoms. The summed E-state index contributed by atoms with van der Waals surface area (Å²) in [5, 5.41) is 2.98. The van der Waals surface area contributed by atoms with Gasteiger partial charge in [0, 0.05) is 11.6 Å². The first-order valence-electron chi connectivity index (χ1n) is 10.8. The van der Waals surface area contributed by atoms with Gasteiger partial charge in [-0.15, -0.1) is 0 Å². The van der Waals surface area contributed by atoms with Gasteiger partial charge < -0.3 is 14.8 Å². The molecule has 1 aliphatic heterocycles. The Hall–Kier alpha value is -2.34. The molecule has 162 valence electrons. The lowest BCUT2D eigenvalue weighted by Gasteiger charge is -2.27. The van der Waals surface area contributed by atoms with Crippen molar-refractivity contribution in [1.82, 2.24) is 0 Å². The summed E-state index contributed by atoms with van der Waals surface area (Å²) in [6, 6.07) is 15.4. The van der Waals surface area contributed by atoms with Crippen molar-refractivity contribution < 1.29 is 19.1 Å². The Morgan fingerprint density at radius 2 is 1.65 bits per heavy atom. The molecule has 5 nitrogen and oxygen atoms in total. The lowest BCUT2D eigenvalue weighted by molar-refractivity contribution is -0.145. The van der Waals surface area contributed by atoms with E-state index in [0.717, 1.165) is 12.2 Å². The molecule has 0 spiro atoms. The van der Waals surface area contributed by atoms with Crippen LogP contribution in [0.3, 0.4) is 0 Å². The summed E-state index contributed by atoms with van der Waals surface area (Å²) < 4.78 is 11.4. The highest BCUT2D eigenvalue weighted by molar-refractivity contribution is 9.09. The van der Waals surface area contributed by atoms with Crippen molar-refractivity contribution in [2.75, 3.05) is 5.32 Å². The molecule has 0 aromatic heterocycles. The van der Waals surface area contributed by atoms with E-state index >= 15 is 0 Å². The maximum absolute atomic E-state index is 13.0. The highest BCUT2D eigenvalue weighted by atomic mass is 79.9. The van der Waals surface area contributed by atoms with E-state index in [4.69, 9.17) is 9.47 Å². The fourth-order valence-corrected chi connectivity index (χ4v) is 6.37. The third kappa shape index (κ3) is 3.55. The van der Waals surface area contributed by atoms with Crippen molar-refractivity contribution in [3.05, 3.63) is 54.1 Å². The molecule has 2 aromatic rings. The molecular formula is C25H26BrNO4. The quantitative estimate of drug-likeness (QED) is 0.474. The lowest BCUT2D eigenvalue weighted by atomic mass is 9.79. The first kappa shape index (κ1) is 20.6. The van der Waals surface area contributed by atoms with Crippen LogP contribution in [0.15, 0.2) is 48.5 Å². The fourth-order valence-electron chi connectivity index (χ4n) is 5.32. The van der Waals surface area contributed by atoms with E-state index in [-0.39, 0.29) is 51.9 Å². The normalized spacial score (nSPS) is 30.9. The van der Waals surface area contributed by atoms with Crippen molar-refractivity contribution >= 4 is 33.5 Å². The molecule has 0 radical (unpaired) electrons. The van der Waals surface area contributed by atoms with Crippen LogP contribution in [0.5, 0.6) is 11.5 Å². The third-order valence-corrected chi connectivity index (χ3v) is 8.10. The minimum atomic E-state index is -0.335. The number of ether oxygens (including phenoxy) is 2. The number of halogens is 1. The second-order valence-corrected chi connectivity index (χ2v) is 10.9. The van der Waals surface area contributed by atoms with Crippen LogP contribution in [-0.2, 0) is 19.7 Å². The second-order valence-electron chi connectivity index (χ2n) is 9.85. The summed E-state index contributed by atoms with van der Waals surface area (Å²) in [6.45, 7) is 6.54. The minimum absolute atomic E-state index is 0.0661. The average Bonchev–Trinajstić information content (AvgIpc) is 3.33. The number of nitrogens with one attached hydrogen (secondary N) is 1. The van der Waals surface area contributed by atoms with Crippen LogP contribution in [0.4, 0.5) is 5.69 Å². The molecule has 3 aliphatic rings. The second kappa shape index (κ2) is 7.37. The summed E-state index contributed by atoms with van der Waals surface area (Å²) in [5.74, 6) is 0.809. The van der Waals surface area contributed by atoms with Crippen molar-refractivity contribution in [3.63, 3.8) is 0 Å². The van der Waals surface area contributed by atoms with Gasteiger partial charge in [0.25, 0.3) is 0 Å². The van der Waals surface area contributed by atoms with Gasteiger partial charge >= 0.3 is 5.97 Å². The zero-order valence-corrected chi connectivity index (χ0v) is 19.4. The predicted octanol–water partition coefficient (Wildman–Crippen LogP) is 5.29. The van der Waals surface area contributed by atoms with Gasteiger partial charge in [-0.2, -0.15) is 0 Å². The zero-order chi connectivity index (χ0) is 21.9. The van der Waals surface area contributed by atoms with Gasteiger partial charge in [-0.05, 0) is 59.7 Å². The summed E-state index contributed by atoms with van der Waals surface area (Å²) in [6.07, 6.45) is 0.802. The Kier molecular flexibility index (Phi) is 4.88. The number of alkyl halides is 1. The topological polar surface area (TPSA) is 64.6 Å². The number of amides is 1. The van der Waals surface area contributed by atoms with E-state index in [1.165, 1.54) is 5.56 Å². The number of rotatable bonds is 4. The molecule has 5 rings (SSSR count). The highest BCUT2D eigenvalue weighted by Gasteiger charge is 2.67. The van der Waals surface area contributed by atoms with Crippen molar-refractivity contribution in [1.29, 1.82) is 0 Å². The predicted molar refractivity (Wildman–Crippen MR) is 121 cm³/mol. The number of hydrogen-bond acceptors (Lipinski definition) is 4.